The number of carbonyl (C=O) groups is 1. The molecular weight excluding hydrogens is 550 g/mol. The van der Waals surface area contributed by atoms with E-state index in [4.69, 9.17) is 4.74 Å². The molecule has 9 nitrogen and oxygen atoms in total. The van der Waals surface area contributed by atoms with Crippen molar-refractivity contribution in [3.8, 4) is 5.75 Å². The van der Waals surface area contributed by atoms with Crippen molar-refractivity contribution in [2.45, 2.75) is 49.8 Å². The van der Waals surface area contributed by atoms with Crippen molar-refractivity contribution in [1.82, 2.24) is 9.62 Å². The summed E-state index contributed by atoms with van der Waals surface area (Å²) in [4.78, 5) is 13.0. The van der Waals surface area contributed by atoms with Crippen LogP contribution >= 0.6 is 0 Å². The van der Waals surface area contributed by atoms with Crippen LogP contribution < -0.4 is 14.8 Å². The highest BCUT2D eigenvalue weighted by molar-refractivity contribution is 7.92. The number of benzene rings is 3. The lowest BCUT2D eigenvalue weighted by atomic mass is 10.1. The molecule has 214 valence electrons. The fraction of sp³-hybridized carbons (Fsp3) is 0.345. The lowest BCUT2D eigenvalue weighted by Crippen LogP contribution is -2.35. The predicted octanol–water partition coefficient (Wildman–Crippen LogP) is 4.40. The van der Waals surface area contributed by atoms with Crippen molar-refractivity contribution in [2.75, 3.05) is 31.0 Å². The van der Waals surface area contributed by atoms with E-state index in [1.165, 1.54) is 22.5 Å². The normalized spacial score (nSPS) is 14.5. The van der Waals surface area contributed by atoms with Gasteiger partial charge in [0.25, 0.3) is 15.9 Å². The maximum absolute atomic E-state index is 13.1. The molecule has 1 heterocycles. The van der Waals surface area contributed by atoms with Crippen LogP contribution in [-0.2, 0) is 20.0 Å². The van der Waals surface area contributed by atoms with E-state index in [9.17, 15) is 21.6 Å². The Labute approximate surface area is 236 Å². The summed E-state index contributed by atoms with van der Waals surface area (Å²) in [6.45, 7) is 6.83. The van der Waals surface area contributed by atoms with Crippen LogP contribution in [0.5, 0.6) is 5.75 Å². The SMILES string of the molecule is Cc1ccc(NS(=O)(=O)c2cc(C(=O)NCCOc3ccc(S(=O)(=O)N4CCCCC4)cc3)ccc2C)c(C)c1. The highest BCUT2D eigenvalue weighted by atomic mass is 32.2. The van der Waals surface area contributed by atoms with Crippen molar-refractivity contribution in [2.24, 2.45) is 0 Å². The second-order valence-electron chi connectivity index (χ2n) is 9.94. The van der Waals surface area contributed by atoms with Crippen LogP contribution in [0.25, 0.3) is 0 Å². The van der Waals surface area contributed by atoms with Crippen LogP contribution in [0.2, 0.25) is 0 Å². The third-order valence-electron chi connectivity index (χ3n) is 6.80. The number of hydrogen-bond acceptors (Lipinski definition) is 6. The molecule has 1 fully saturated rings. The van der Waals surface area contributed by atoms with Gasteiger partial charge in [-0.25, -0.2) is 16.8 Å². The van der Waals surface area contributed by atoms with Gasteiger partial charge in [-0.1, -0.05) is 30.2 Å². The highest BCUT2D eigenvalue weighted by Gasteiger charge is 2.26. The van der Waals surface area contributed by atoms with Crippen LogP contribution in [0.4, 0.5) is 5.69 Å². The largest absolute Gasteiger partial charge is 0.492 e. The first-order valence-corrected chi connectivity index (χ1v) is 16.1. The Kier molecular flexibility index (Phi) is 9.17. The molecule has 1 saturated heterocycles. The summed E-state index contributed by atoms with van der Waals surface area (Å²) >= 11 is 0. The second-order valence-corrected chi connectivity index (χ2v) is 13.5. The summed E-state index contributed by atoms with van der Waals surface area (Å²) in [6.07, 6.45) is 2.79. The Balaban J connectivity index is 1.33. The number of rotatable bonds is 10. The van der Waals surface area contributed by atoms with Crippen LogP contribution in [-0.4, -0.2) is 53.3 Å². The molecule has 0 aliphatic carbocycles. The number of nitrogens with one attached hydrogen (secondary N) is 2. The molecule has 0 spiro atoms. The molecule has 3 aromatic rings. The summed E-state index contributed by atoms with van der Waals surface area (Å²) in [7, 11) is -7.43. The average Bonchev–Trinajstić information content (AvgIpc) is 2.93. The van der Waals surface area contributed by atoms with Gasteiger partial charge in [0.05, 0.1) is 22.0 Å². The maximum Gasteiger partial charge on any atom is 0.262 e. The number of sulfonamides is 2. The summed E-state index contributed by atoms with van der Waals surface area (Å²) in [5, 5.41) is 2.73. The van der Waals surface area contributed by atoms with Crippen molar-refractivity contribution < 1.29 is 26.4 Å². The number of anilines is 1. The molecule has 0 aromatic heterocycles. The van der Waals surface area contributed by atoms with Crippen molar-refractivity contribution >= 4 is 31.6 Å². The third kappa shape index (κ3) is 7.01. The van der Waals surface area contributed by atoms with Crippen molar-refractivity contribution in [3.63, 3.8) is 0 Å². The Hall–Kier alpha value is -3.41. The molecular formula is C29H35N3O6S2. The van der Waals surface area contributed by atoms with E-state index in [1.807, 2.05) is 26.0 Å². The standard InChI is InChI=1S/C29H35N3O6S2/c1-21-7-14-27(23(3)19-21)31-39(34,35)28-20-24(9-8-22(28)2)29(33)30-15-18-38-25-10-12-26(13-11-25)40(36,37)32-16-5-4-6-17-32/h7-14,19-20,31H,4-6,15-18H2,1-3H3,(H,30,33). The first kappa shape index (κ1) is 29.6. The molecule has 0 radical (unpaired) electrons. The van der Waals surface area contributed by atoms with Gasteiger partial charge >= 0.3 is 0 Å². The van der Waals surface area contributed by atoms with Crippen molar-refractivity contribution in [3.05, 3.63) is 82.9 Å². The van der Waals surface area contributed by atoms with Gasteiger partial charge in [0.1, 0.15) is 12.4 Å². The summed E-state index contributed by atoms with van der Waals surface area (Å²) in [5.41, 5.74) is 3.03. The number of amides is 1. The average molecular weight is 586 g/mol. The number of nitrogens with zero attached hydrogens (tertiary/aromatic N) is 1. The maximum atomic E-state index is 13.1. The molecule has 0 atom stereocenters. The first-order chi connectivity index (χ1) is 19.0. The third-order valence-corrected chi connectivity index (χ3v) is 10.2. The van der Waals surface area contributed by atoms with Crippen LogP contribution in [0, 0.1) is 20.8 Å². The van der Waals surface area contributed by atoms with Crippen molar-refractivity contribution in [1.29, 1.82) is 0 Å². The van der Waals surface area contributed by atoms with Crippen LogP contribution in [0.15, 0.2) is 70.5 Å². The molecule has 4 rings (SSSR count). The van der Waals surface area contributed by atoms with Crippen LogP contribution in [0.1, 0.15) is 46.3 Å². The molecule has 1 aliphatic rings. The lowest BCUT2D eigenvalue weighted by Gasteiger charge is -2.25. The van der Waals surface area contributed by atoms with Gasteiger partial charge in [-0.3, -0.25) is 9.52 Å². The molecule has 2 N–H and O–H groups in total. The minimum Gasteiger partial charge on any atom is -0.492 e. The Bertz CT molecular complexity index is 1580. The molecule has 40 heavy (non-hydrogen) atoms. The van der Waals surface area contributed by atoms with Gasteiger partial charge in [0, 0.05) is 18.7 Å². The van der Waals surface area contributed by atoms with Gasteiger partial charge < -0.3 is 10.1 Å². The van der Waals surface area contributed by atoms with E-state index in [2.05, 4.69) is 10.0 Å². The minimum atomic E-state index is -3.92. The Morgan fingerprint density at radius 1 is 0.850 bits per heavy atom. The highest BCUT2D eigenvalue weighted by Crippen LogP contribution is 2.24. The first-order valence-electron chi connectivity index (χ1n) is 13.2. The van der Waals surface area contributed by atoms with E-state index in [-0.39, 0.29) is 28.5 Å². The van der Waals surface area contributed by atoms with E-state index >= 15 is 0 Å². The minimum absolute atomic E-state index is 0.0240. The molecule has 1 amide bonds. The number of carbonyl (C=O) groups excluding carboxylic acids is 1. The molecule has 0 bridgehead atoms. The quantitative estimate of drug-likeness (QED) is 0.340. The zero-order valence-electron chi connectivity index (χ0n) is 22.9. The summed E-state index contributed by atoms with van der Waals surface area (Å²) < 4.78 is 61.6. The Morgan fingerprint density at radius 3 is 2.23 bits per heavy atom. The van der Waals surface area contributed by atoms with Gasteiger partial charge in [0.2, 0.25) is 10.0 Å². The van der Waals surface area contributed by atoms with E-state index in [1.54, 1.807) is 37.3 Å². The smallest absolute Gasteiger partial charge is 0.262 e. The Morgan fingerprint density at radius 2 is 1.55 bits per heavy atom. The molecule has 3 aromatic carbocycles. The van der Waals surface area contributed by atoms with E-state index in [0.29, 0.717) is 30.1 Å². The number of piperidine rings is 1. The fourth-order valence-corrected chi connectivity index (χ4v) is 7.48. The summed E-state index contributed by atoms with van der Waals surface area (Å²) in [6, 6.07) is 16.2. The van der Waals surface area contributed by atoms with Crippen LogP contribution in [0.3, 0.4) is 0 Å². The van der Waals surface area contributed by atoms with E-state index in [0.717, 1.165) is 30.4 Å². The van der Waals surface area contributed by atoms with Gasteiger partial charge in [0.15, 0.2) is 0 Å². The summed E-state index contributed by atoms with van der Waals surface area (Å²) in [5.74, 6) is 0.0440. The topological polar surface area (TPSA) is 122 Å². The predicted molar refractivity (Wildman–Crippen MR) is 155 cm³/mol. The van der Waals surface area contributed by atoms with E-state index < -0.39 is 26.0 Å². The number of ether oxygens (including phenoxy) is 1. The monoisotopic (exact) mass is 585 g/mol. The van der Waals surface area contributed by atoms with Gasteiger partial charge in [-0.15, -0.1) is 0 Å². The molecule has 1 aliphatic heterocycles. The zero-order valence-corrected chi connectivity index (χ0v) is 24.6. The number of hydrogen-bond donors (Lipinski definition) is 2. The molecule has 0 unspecified atom stereocenters. The zero-order chi connectivity index (χ0) is 28.9. The molecule has 11 heteroatoms. The lowest BCUT2D eigenvalue weighted by molar-refractivity contribution is 0.0946. The number of aryl methyl sites for hydroxylation is 3. The fourth-order valence-electron chi connectivity index (χ4n) is 4.56. The van der Waals surface area contributed by atoms with Gasteiger partial charge in [-0.2, -0.15) is 4.31 Å². The van der Waals surface area contributed by atoms with Gasteiger partial charge in [-0.05, 0) is 87.2 Å². The molecule has 0 saturated carbocycles. The second kappa shape index (κ2) is 12.4.